The van der Waals surface area contributed by atoms with Gasteiger partial charge in [0, 0.05) is 11.6 Å². The largest absolute Gasteiger partial charge is 0.496 e. The zero-order valence-electron chi connectivity index (χ0n) is 11.8. The van der Waals surface area contributed by atoms with Crippen LogP contribution >= 0.6 is 0 Å². The molecule has 3 rings (SSSR count). The maximum Gasteiger partial charge on any atom is 0.339 e. The number of carboxylic acid groups (broad SMARTS) is 1. The standard InChI is InChI=1S/C16H15NO4/c1-10-13(16(18)19)8-11(21-10)9-17-7-6-12-14(17)4-3-5-15(12)20-2/h3-8H,9H2,1-2H3,(H,18,19). The van der Waals surface area contributed by atoms with Gasteiger partial charge in [0.25, 0.3) is 0 Å². The minimum absolute atomic E-state index is 0.207. The Hall–Kier alpha value is -2.69. The van der Waals surface area contributed by atoms with Crippen molar-refractivity contribution in [1.29, 1.82) is 0 Å². The van der Waals surface area contributed by atoms with Crippen LogP contribution in [0.15, 0.2) is 40.9 Å². The molecule has 0 saturated carbocycles. The number of aryl methyl sites for hydroxylation is 1. The second-order valence-corrected chi connectivity index (χ2v) is 4.82. The smallest absolute Gasteiger partial charge is 0.339 e. The average molecular weight is 285 g/mol. The Morgan fingerprint density at radius 2 is 2.19 bits per heavy atom. The Balaban J connectivity index is 1.99. The Morgan fingerprint density at radius 3 is 2.86 bits per heavy atom. The van der Waals surface area contributed by atoms with Crippen molar-refractivity contribution in [3.8, 4) is 5.75 Å². The number of benzene rings is 1. The lowest BCUT2D eigenvalue weighted by Gasteiger charge is -2.05. The number of carboxylic acids is 1. The van der Waals surface area contributed by atoms with E-state index in [0.717, 1.165) is 16.7 Å². The second kappa shape index (κ2) is 5.01. The van der Waals surface area contributed by atoms with Gasteiger partial charge in [0.2, 0.25) is 0 Å². The van der Waals surface area contributed by atoms with Crippen molar-refractivity contribution < 1.29 is 19.1 Å². The summed E-state index contributed by atoms with van der Waals surface area (Å²) in [7, 11) is 1.64. The Morgan fingerprint density at radius 1 is 1.38 bits per heavy atom. The molecule has 5 nitrogen and oxygen atoms in total. The molecule has 108 valence electrons. The van der Waals surface area contributed by atoms with Gasteiger partial charge < -0.3 is 18.8 Å². The monoisotopic (exact) mass is 285 g/mol. The van der Waals surface area contributed by atoms with Crippen LogP contribution in [0.5, 0.6) is 5.75 Å². The summed E-state index contributed by atoms with van der Waals surface area (Å²) in [6.45, 7) is 2.13. The lowest BCUT2D eigenvalue weighted by molar-refractivity contribution is 0.0695. The molecule has 0 aliphatic rings. The zero-order chi connectivity index (χ0) is 15.0. The maximum absolute atomic E-state index is 11.1. The highest BCUT2D eigenvalue weighted by Gasteiger charge is 2.14. The first-order chi connectivity index (χ1) is 10.1. The molecule has 0 aliphatic carbocycles. The molecule has 1 N–H and O–H groups in total. The Kier molecular flexibility index (Phi) is 3.17. The van der Waals surface area contributed by atoms with Gasteiger partial charge >= 0.3 is 5.97 Å². The van der Waals surface area contributed by atoms with E-state index in [1.807, 2.05) is 35.0 Å². The maximum atomic E-state index is 11.1. The number of aromatic carboxylic acids is 1. The molecule has 0 saturated heterocycles. The SMILES string of the molecule is COc1cccc2c1ccn2Cc1cc(C(=O)O)c(C)o1. The third-order valence-electron chi connectivity index (χ3n) is 3.52. The minimum Gasteiger partial charge on any atom is -0.496 e. The molecule has 0 aliphatic heterocycles. The highest BCUT2D eigenvalue weighted by atomic mass is 16.5. The number of hydrogen-bond donors (Lipinski definition) is 1. The predicted molar refractivity (Wildman–Crippen MR) is 78.0 cm³/mol. The van der Waals surface area contributed by atoms with Crippen LogP contribution in [-0.2, 0) is 6.54 Å². The van der Waals surface area contributed by atoms with E-state index in [1.54, 1.807) is 20.1 Å². The molecule has 1 aromatic carbocycles. The van der Waals surface area contributed by atoms with E-state index < -0.39 is 5.97 Å². The topological polar surface area (TPSA) is 64.6 Å². The summed E-state index contributed by atoms with van der Waals surface area (Å²) in [5.41, 5.74) is 1.22. The molecule has 0 radical (unpaired) electrons. The second-order valence-electron chi connectivity index (χ2n) is 4.82. The fourth-order valence-electron chi connectivity index (χ4n) is 2.51. The molecule has 2 aromatic heterocycles. The summed E-state index contributed by atoms with van der Waals surface area (Å²) in [6, 6.07) is 9.37. The van der Waals surface area contributed by atoms with E-state index in [4.69, 9.17) is 14.3 Å². The van der Waals surface area contributed by atoms with Gasteiger partial charge in [-0.3, -0.25) is 0 Å². The van der Waals surface area contributed by atoms with Crippen LogP contribution < -0.4 is 4.74 Å². The molecule has 0 atom stereocenters. The Bertz CT molecular complexity index is 813. The molecule has 0 fully saturated rings. The number of furan rings is 1. The van der Waals surface area contributed by atoms with E-state index in [-0.39, 0.29) is 5.56 Å². The molecule has 0 unspecified atom stereocenters. The van der Waals surface area contributed by atoms with Gasteiger partial charge in [-0.2, -0.15) is 0 Å². The third-order valence-corrected chi connectivity index (χ3v) is 3.52. The average Bonchev–Trinajstić information content (AvgIpc) is 3.03. The van der Waals surface area contributed by atoms with Crippen LogP contribution in [0.25, 0.3) is 10.9 Å². The van der Waals surface area contributed by atoms with Crippen LogP contribution in [0.2, 0.25) is 0 Å². The van der Waals surface area contributed by atoms with Crippen molar-refractivity contribution in [2.24, 2.45) is 0 Å². The molecular weight excluding hydrogens is 270 g/mol. The molecule has 3 aromatic rings. The molecule has 2 heterocycles. The van der Waals surface area contributed by atoms with Crippen molar-refractivity contribution in [2.45, 2.75) is 13.5 Å². The number of hydrogen-bond acceptors (Lipinski definition) is 3. The minimum atomic E-state index is -0.971. The van der Waals surface area contributed by atoms with Crippen molar-refractivity contribution in [3.05, 3.63) is 53.6 Å². The van der Waals surface area contributed by atoms with E-state index in [2.05, 4.69) is 0 Å². The first kappa shape index (κ1) is 13.3. The molecular formula is C16H15NO4. The van der Waals surface area contributed by atoms with Gasteiger partial charge in [-0.15, -0.1) is 0 Å². The van der Waals surface area contributed by atoms with Crippen molar-refractivity contribution in [2.75, 3.05) is 7.11 Å². The molecule has 0 bridgehead atoms. The first-order valence-corrected chi connectivity index (χ1v) is 6.54. The molecule has 5 heteroatoms. The summed E-state index contributed by atoms with van der Waals surface area (Å²) < 4.78 is 12.9. The van der Waals surface area contributed by atoms with E-state index in [1.165, 1.54) is 0 Å². The summed E-state index contributed by atoms with van der Waals surface area (Å²) in [6.07, 6.45) is 1.94. The van der Waals surface area contributed by atoms with Gasteiger partial charge in [0.15, 0.2) is 0 Å². The van der Waals surface area contributed by atoms with E-state index >= 15 is 0 Å². The normalized spacial score (nSPS) is 11.0. The van der Waals surface area contributed by atoms with Crippen LogP contribution in [-0.4, -0.2) is 22.8 Å². The molecule has 0 spiro atoms. The first-order valence-electron chi connectivity index (χ1n) is 6.54. The van der Waals surface area contributed by atoms with Crippen molar-refractivity contribution in [1.82, 2.24) is 4.57 Å². The van der Waals surface area contributed by atoms with Crippen molar-refractivity contribution in [3.63, 3.8) is 0 Å². The summed E-state index contributed by atoms with van der Waals surface area (Å²) in [5, 5.41) is 10.1. The zero-order valence-corrected chi connectivity index (χ0v) is 11.8. The fourth-order valence-corrected chi connectivity index (χ4v) is 2.51. The Labute approximate surface area is 121 Å². The van der Waals surface area contributed by atoms with E-state index in [0.29, 0.717) is 18.1 Å². The third kappa shape index (κ3) is 2.27. The summed E-state index contributed by atoms with van der Waals surface area (Å²) >= 11 is 0. The predicted octanol–water partition coefficient (Wildman–Crippen LogP) is 3.30. The number of rotatable bonds is 4. The van der Waals surface area contributed by atoms with Crippen LogP contribution in [0.4, 0.5) is 0 Å². The number of fused-ring (bicyclic) bond motifs is 1. The number of nitrogens with zero attached hydrogens (tertiary/aromatic N) is 1. The lowest BCUT2D eigenvalue weighted by Crippen LogP contribution is -1.97. The quantitative estimate of drug-likeness (QED) is 0.798. The summed E-state index contributed by atoms with van der Waals surface area (Å²) in [4.78, 5) is 11.1. The highest BCUT2D eigenvalue weighted by Crippen LogP contribution is 2.27. The van der Waals surface area contributed by atoms with Crippen LogP contribution in [0.1, 0.15) is 21.9 Å². The number of aromatic nitrogens is 1. The van der Waals surface area contributed by atoms with E-state index in [9.17, 15) is 4.79 Å². The summed E-state index contributed by atoms with van der Waals surface area (Å²) in [5.74, 6) is 0.881. The van der Waals surface area contributed by atoms with Crippen LogP contribution in [0.3, 0.4) is 0 Å². The van der Waals surface area contributed by atoms with Gasteiger partial charge in [-0.1, -0.05) is 6.07 Å². The fraction of sp³-hybridized carbons (Fsp3) is 0.188. The van der Waals surface area contributed by atoms with Gasteiger partial charge in [0.05, 0.1) is 19.2 Å². The molecule has 21 heavy (non-hydrogen) atoms. The van der Waals surface area contributed by atoms with Gasteiger partial charge in [-0.25, -0.2) is 4.79 Å². The number of carbonyl (C=O) groups is 1. The van der Waals surface area contributed by atoms with Crippen molar-refractivity contribution >= 4 is 16.9 Å². The van der Waals surface area contributed by atoms with Gasteiger partial charge in [-0.05, 0) is 31.2 Å². The number of methoxy groups -OCH3 is 1. The highest BCUT2D eigenvalue weighted by molar-refractivity contribution is 5.89. The lowest BCUT2D eigenvalue weighted by atomic mass is 10.2. The van der Waals surface area contributed by atoms with Crippen LogP contribution in [0, 0.1) is 6.92 Å². The molecule has 0 amide bonds. The number of ether oxygens (including phenoxy) is 1. The van der Waals surface area contributed by atoms with Gasteiger partial charge in [0.1, 0.15) is 22.8 Å².